The van der Waals surface area contributed by atoms with Crippen LogP contribution < -0.4 is 15.0 Å². The molecule has 1 aliphatic rings. The van der Waals surface area contributed by atoms with Crippen LogP contribution in [0.3, 0.4) is 0 Å². The second kappa shape index (κ2) is 27.1. The fourth-order valence-electron chi connectivity index (χ4n) is 6.41. The van der Waals surface area contributed by atoms with Crippen molar-refractivity contribution in [2.75, 3.05) is 129 Å². The van der Waals surface area contributed by atoms with Crippen LogP contribution in [0.15, 0.2) is 66.7 Å². The van der Waals surface area contributed by atoms with Crippen molar-refractivity contribution in [2.24, 2.45) is 0 Å². The minimum absolute atomic E-state index is 0.0122. The Morgan fingerprint density at radius 2 is 1.27 bits per heavy atom. The van der Waals surface area contributed by atoms with Gasteiger partial charge in [-0.3, -0.25) is 13.8 Å². The number of thiazole rings is 1. The lowest BCUT2D eigenvalue weighted by atomic mass is 10.0. The van der Waals surface area contributed by atoms with E-state index in [-0.39, 0.29) is 31.4 Å². The van der Waals surface area contributed by atoms with Gasteiger partial charge in [0.15, 0.2) is 5.13 Å². The van der Waals surface area contributed by atoms with Crippen LogP contribution in [0.5, 0.6) is 5.75 Å². The normalized spacial score (nSPS) is 12.5. The monoisotopic (exact) mass is 913 g/mol. The van der Waals surface area contributed by atoms with Gasteiger partial charge in [0, 0.05) is 28.2 Å². The van der Waals surface area contributed by atoms with Crippen LogP contribution >= 0.6 is 11.3 Å². The zero-order chi connectivity index (χ0) is 44.7. The maximum absolute atomic E-state index is 13.3. The molecule has 0 unspecified atom stereocenters. The first-order valence-electron chi connectivity index (χ1n) is 21.0. The highest BCUT2D eigenvalue weighted by Gasteiger charge is 2.27. The molecule has 63 heavy (non-hydrogen) atoms. The van der Waals surface area contributed by atoms with Crippen LogP contribution in [0.4, 0.5) is 10.8 Å². The third kappa shape index (κ3) is 18.0. The lowest BCUT2D eigenvalue weighted by Crippen LogP contribution is -2.29. The molecule has 1 N–H and O–H groups in total. The van der Waals surface area contributed by atoms with Gasteiger partial charge in [-0.15, -0.1) is 11.3 Å². The number of anilines is 2. The maximum Gasteiger partial charge on any atom is 0.264 e. The van der Waals surface area contributed by atoms with Crippen LogP contribution in [0.25, 0.3) is 11.3 Å². The number of nitrogens with zero attached hydrogens (tertiary/aromatic N) is 2. The first-order valence-corrected chi connectivity index (χ1v) is 23.6. The number of carbonyl (C=O) groups is 2. The number of aromatic nitrogens is 1. The number of carbonyl (C=O) groups excluding carboxylic acids is 2. The standard InChI is InChI=1S/C45H59N3O13S2/c1-34-7-4-5-10-40(34)44(50)48-14-13-37-33-38(11-12-41(37)48)43-35(2)62-45(47-43)46-42(49)32-36-8-6-9-39(31-36)60-29-27-58-25-23-56-21-19-54-17-15-53-16-18-55-20-22-57-24-26-59-28-30-61-63(3,51)52/h4-12,31,33H,13-30,32H2,1-3H3,(H,46,47,49). The minimum atomic E-state index is -3.44. The van der Waals surface area contributed by atoms with E-state index in [4.69, 9.17) is 42.9 Å². The van der Waals surface area contributed by atoms with Gasteiger partial charge in [-0.2, -0.15) is 8.42 Å². The topological polar surface area (TPSA) is 180 Å². The zero-order valence-corrected chi connectivity index (χ0v) is 37.9. The average molecular weight is 914 g/mol. The SMILES string of the molecule is Cc1ccccc1C(=O)N1CCc2cc(-c3nc(NC(=O)Cc4cccc(OCCOCCOCCOCCOCCOCCOCCOCCOS(C)(=O)=O)c4)sc3C)ccc21. The van der Waals surface area contributed by atoms with Crippen LogP contribution in [0.1, 0.15) is 31.9 Å². The van der Waals surface area contributed by atoms with Crippen LogP contribution in [0, 0.1) is 13.8 Å². The molecule has 0 saturated heterocycles. The summed E-state index contributed by atoms with van der Waals surface area (Å²) in [5.74, 6) is 0.493. The van der Waals surface area contributed by atoms with E-state index in [1.807, 2.05) is 79.4 Å². The summed E-state index contributed by atoms with van der Waals surface area (Å²) >= 11 is 1.44. The summed E-state index contributed by atoms with van der Waals surface area (Å²) in [7, 11) is -3.44. The molecule has 1 aliphatic heterocycles. The third-order valence-electron chi connectivity index (χ3n) is 9.43. The molecule has 0 fully saturated rings. The molecule has 2 amide bonds. The number of ether oxygens (including phenoxy) is 8. The fraction of sp³-hybridized carbons (Fsp3) is 0.489. The predicted molar refractivity (Wildman–Crippen MR) is 240 cm³/mol. The molecule has 0 aliphatic carbocycles. The molecule has 1 aromatic heterocycles. The van der Waals surface area contributed by atoms with Crippen LogP contribution in [-0.2, 0) is 65.1 Å². The van der Waals surface area contributed by atoms with Crippen molar-refractivity contribution in [3.05, 3.63) is 93.9 Å². The molecule has 2 heterocycles. The molecule has 0 saturated carbocycles. The Bertz CT molecular complexity index is 2130. The summed E-state index contributed by atoms with van der Waals surface area (Å²) in [6, 6.07) is 21.2. The maximum atomic E-state index is 13.3. The first kappa shape index (κ1) is 49.7. The second-order valence-corrected chi connectivity index (χ2v) is 17.2. The molecule has 4 aromatic rings. The summed E-state index contributed by atoms with van der Waals surface area (Å²) in [4.78, 5) is 34.0. The first-order chi connectivity index (χ1) is 30.6. The van der Waals surface area contributed by atoms with Crippen molar-refractivity contribution in [1.82, 2.24) is 4.98 Å². The average Bonchev–Trinajstić information content (AvgIpc) is 3.85. The number of rotatable bonds is 31. The summed E-state index contributed by atoms with van der Waals surface area (Å²) in [6.45, 7) is 10.6. The molecular formula is C45H59N3O13S2. The number of aryl methyl sites for hydroxylation is 2. The molecule has 16 nitrogen and oxygen atoms in total. The number of fused-ring (bicyclic) bond motifs is 1. The highest BCUT2D eigenvalue weighted by atomic mass is 32.2. The smallest absolute Gasteiger partial charge is 0.264 e. The van der Waals surface area contributed by atoms with E-state index in [0.29, 0.717) is 115 Å². The third-order valence-corrected chi connectivity index (χ3v) is 10.9. The Kier molecular flexibility index (Phi) is 21.4. The van der Waals surface area contributed by atoms with E-state index in [0.717, 1.165) is 51.2 Å². The number of amides is 2. The quantitative estimate of drug-likeness (QED) is 0.0509. The molecule has 3 aromatic carbocycles. The Morgan fingerprint density at radius 3 is 1.86 bits per heavy atom. The Morgan fingerprint density at radius 1 is 0.698 bits per heavy atom. The predicted octanol–water partition coefficient (Wildman–Crippen LogP) is 5.28. The van der Waals surface area contributed by atoms with Gasteiger partial charge in [0.2, 0.25) is 5.91 Å². The summed E-state index contributed by atoms with van der Waals surface area (Å²) < 4.78 is 70.3. The summed E-state index contributed by atoms with van der Waals surface area (Å²) in [6.07, 6.45) is 1.93. The molecule has 18 heteroatoms. The van der Waals surface area contributed by atoms with Gasteiger partial charge in [0.05, 0.1) is 117 Å². The van der Waals surface area contributed by atoms with Crippen molar-refractivity contribution in [2.45, 2.75) is 26.7 Å². The van der Waals surface area contributed by atoms with E-state index >= 15 is 0 Å². The van der Waals surface area contributed by atoms with E-state index in [1.165, 1.54) is 11.3 Å². The van der Waals surface area contributed by atoms with Gasteiger partial charge in [-0.1, -0.05) is 36.4 Å². The highest BCUT2D eigenvalue weighted by molar-refractivity contribution is 7.85. The van der Waals surface area contributed by atoms with Crippen LogP contribution in [0.2, 0.25) is 0 Å². The van der Waals surface area contributed by atoms with Crippen molar-refractivity contribution < 1.29 is 60.1 Å². The number of hydrogen-bond donors (Lipinski definition) is 1. The Hall–Kier alpha value is -4.34. The molecule has 0 bridgehead atoms. The lowest BCUT2D eigenvalue weighted by molar-refractivity contribution is -0.115. The summed E-state index contributed by atoms with van der Waals surface area (Å²) in [5, 5.41) is 3.50. The zero-order valence-electron chi connectivity index (χ0n) is 36.3. The number of benzene rings is 3. The fourth-order valence-corrected chi connectivity index (χ4v) is 7.64. The number of nitrogens with one attached hydrogen (secondary N) is 1. The van der Waals surface area contributed by atoms with Crippen molar-refractivity contribution in [1.29, 1.82) is 0 Å². The van der Waals surface area contributed by atoms with E-state index in [9.17, 15) is 18.0 Å². The van der Waals surface area contributed by atoms with Crippen molar-refractivity contribution >= 4 is 44.1 Å². The largest absolute Gasteiger partial charge is 0.491 e. The molecular weight excluding hydrogens is 855 g/mol. The Balaban J connectivity index is 0.853. The Labute approximate surface area is 374 Å². The van der Waals surface area contributed by atoms with E-state index in [1.54, 1.807) is 0 Å². The van der Waals surface area contributed by atoms with Gasteiger partial charge < -0.3 is 48.1 Å². The molecule has 0 radical (unpaired) electrons. The van der Waals surface area contributed by atoms with Gasteiger partial charge >= 0.3 is 0 Å². The molecule has 5 rings (SSSR count). The molecule has 344 valence electrons. The van der Waals surface area contributed by atoms with Crippen molar-refractivity contribution in [3.8, 4) is 17.0 Å². The highest BCUT2D eigenvalue weighted by Crippen LogP contribution is 2.36. The van der Waals surface area contributed by atoms with Crippen LogP contribution in [-0.4, -0.2) is 144 Å². The van der Waals surface area contributed by atoms with Crippen molar-refractivity contribution in [3.63, 3.8) is 0 Å². The molecule has 0 spiro atoms. The van der Waals surface area contributed by atoms with Gasteiger partial charge in [0.25, 0.3) is 16.0 Å². The molecule has 0 atom stereocenters. The summed E-state index contributed by atoms with van der Waals surface area (Å²) in [5.41, 5.74) is 6.30. The second-order valence-electron chi connectivity index (χ2n) is 14.3. The van der Waals surface area contributed by atoms with Gasteiger partial charge in [-0.25, -0.2) is 4.98 Å². The lowest BCUT2D eigenvalue weighted by Gasteiger charge is -2.18. The van der Waals surface area contributed by atoms with E-state index in [2.05, 4.69) is 15.6 Å². The minimum Gasteiger partial charge on any atom is -0.491 e. The number of hydrogen-bond acceptors (Lipinski definition) is 15. The van der Waals surface area contributed by atoms with E-state index < -0.39 is 10.1 Å². The van der Waals surface area contributed by atoms with Gasteiger partial charge in [0.1, 0.15) is 12.4 Å². The van der Waals surface area contributed by atoms with Gasteiger partial charge in [-0.05, 0) is 67.3 Å².